The van der Waals surface area contributed by atoms with Crippen LogP contribution < -0.4 is 5.14 Å². The van der Waals surface area contributed by atoms with E-state index in [1.807, 2.05) is 20.8 Å². The van der Waals surface area contributed by atoms with Crippen LogP contribution in [0.5, 0.6) is 0 Å². The van der Waals surface area contributed by atoms with Gasteiger partial charge in [0.2, 0.25) is 10.0 Å². The van der Waals surface area contributed by atoms with Crippen LogP contribution in [0.25, 0.3) is 0 Å². The summed E-state index contributed by atoms with van der Waals surface area (Å²) in [5.74, 6) is -1.85. The normalized spacial score (nSPS) is 12.3. The van der Waals surface area contributed by atoms with Crippen molar-refractivity contribution in [2.24, 2.45) is 5.14 Å². The minimum absolute atomic E-state index is 0.0773. The van der Waals surface area contributed by atoms with Crippen LogP contribution in [0.3, 0.4) is 0 Å². The van der Waals surface area contributed by atoms with Crippen LogP contribution in [0.2, 0.25) is 5.02 Å². The van der Waals surface area contributed by atoms with E-state index in [4.69, 9.17) is 16.7 Å². The van der Waals surface area contributed by atoms with Crippen molar-refractivity contribution in [3.8, 4) is 0 Å². The lowest BCUT2D eigenvalue weighted by molar-refractivity contribution is 0.0615. The van der Waals surface area contributed by atoms with Crippen LogP contribution in [0.1, 0.15) is 37.6 Å². The van der Waals surface area contributed by atoms with E-state index in [-0.39, 0.29) is 5.02 Å². The number of benzene rings is 1. The van der Waals surface area contributed by atoms with E-state index in [1.54, 1.807) is 0 Å². The third kappa shape index (κ3) is 3.72. The lowest BCUT2D eigenvalue weighted by Crippen LogP contribution is -2.44. The van der Waals surface area contributed by atoms with Crippen molar-refractivity contribution in [3.63, 3.8) is 0 Å². The molecule has 1 aromatic carbocycles. The zero-order valence-corrected chi connectivity index (χ0v) is 13.8. The van der Waals surface area contributed by atoms with Crippen LogP contribution >= 0.6 is 11.6 Å². The number of amides is 1. The molecule has 0 spiro atoms. The van der Waals surface area contributed by atoms with Gasteiger partial charge in [-0.15, -0.1) is 0 Å². The first-order valence-corrected chi connectivity index (χ1v) is 8.14. The first-order valence-electron chi connectivity index (χ1n) is 6.22. The van der Waals surface area contributed by atoms with E-state index in [9.17, 15) is 17.6 Å². The van der Waals surface area contributed by atoms with Crippen LogP contribution in [-0.2, 0) is 10.0 Å². The molecule has 8 heteroatoms. The molecule has 0 aliphatic carbocycles. The summed E-state index contributed by atoms with van der Waals surface area (Å²) in [6, 6.07) is 1.98. The molecule has 0 saturated heterocycles. The van der Waals surface area contributed by atoms with Gasteiger partial charge in [-0.2, -0.15) is 0 Å². The standard InChI is InChI=1S/C13H18ClFN2O3S/c1-5-13(2,3)17(4)12(18)9-6-8(14)7-10(11(9)15)21(16,19)20/h6-7H,5H2,1-4H3,(H2,16,19,20). The molecule has 0 aliphatic heterocycles. The first-order chi connectivity index (χ1) is 9.41. The topological polar surface area (TPSA) is 80.5 Å². The number of hydrogen-bond donors (Lipinski definition) is 1. The molecule has 1 rings (SSSR count). The summed E-state index contributed by atoms with van der Waals surface area (Å²) in [7, 11) is -2.79. The minimum atomic E-state index is -4.31. The minimum Gasteiger partial charge on any atom is -0.337 e. The van der Waals surface area contributed by atoms with Gasteiger partial charge in [-0.05, 0) is 32.4 Å². The molecule has 0 atom stereocenters. The Morgan fingerprint density at radius 1 is 1.43 bits per heavy atom. The van der Waals surface area contributed by atoms with E-state index in [2.05, 4.69) is 0 Å². The molecule has 5 nitrogen and oxygen atoms in total. The van der Waals surface area contributed by atoms with Gasteiger partial charge in [0.1, 0.15) is 4.90 Å². The molecule has 1 amide bonds. The van der Waals surface area contributed by atoms with Crippen LogP contribution in [0.15, 0.2) is 17.0 Å². The molecule has 0 unspecified atom stereocenters. The summed E-state index contributed by atoms with van der Waals surface area (Å²) in [4.78, 5) is 12.9. The highest BCUT2D eigenvalue weighted by atomic mass is 35.5. The summed E-state index contributed by atoms with van der Waals surface area (Å²) < 4.78 is 37.0. The van der Waals surface area contributed by atoms with Crippen LogP contribution in [-0.4, -0.2) is 31.8 Å². The molecule has 0 aromatic heterocycles. The number of nitrogens with two attached hydrogens (primary N) is 1. The predicted molar refractivity (Wildman–Crippen MR) is 79.2 cm³/mol. The molecule has 21 heavy (non-hydrogen) atoms. The fourth-order valence-electron chi connectivity index (χ4n) is 1.62. The van der Waals surface area contributed by atoms with E-state index >= 15 is 0 Å². The van der Waals surface area contributed by atoms with Crippen molar-refractivity contribution >= 4 is 27.5 Å². The summed E-state index contributed by atoms with van der Waals surface area (Å²) in [5.41, 5.74) is -0.941. The van der Waals surface area contributed by atoms with Gasteiger partial charge in [0.25, 0.3) is 5.91 Å². The monoisotopic (exact) mass is 336 g/mol. The Morgan fingerprint density at radius 3 is 2.38 bits per heavy atom. The van der Waals surface area contributed by atoms with E-state index in [1.165, 1.54) is 11.9 Å². The van der Waals surface area contributed by atoms with Crippen molar-refractivity contribution < 1.29 is 17.6 Å². The number of hydrogen-bond acceptors (Lipinski definition) is 3. The second kappa shape index (κ2) is 5.90. The Hall–Kier alpha value is -1.18. The predicted octanol–water partition coefficient (Wildman–Crippen LogP) is 2.39. The number of primary sulfonamides is 1. The summed E-state index contributed by atoms with van der Waals surface area (Å²) in [6.45, 7) is 5.51. The summed E-state index contributed by atoms with van der Waals surface area (Å²) in [6.07, 6.45) is 0.638. The molecule has 0 bridgehead atoms. The molecule has 2 N–H and O–H groups in total. The molecule has 0 heterocycles. The van der Waals surface area contributed by atoms with Crippen molar-refractivity contribution in [1.29, 1.82) is 0 Å². The Labute approximate surface area is 128 Å². The van der Waals surface area contributed by atoms with E-state index in [0.29, 0.717) is 6.42 Å². The lowest BCUT2D eigenvalue weighted by Gasteiger charge is -2.35. The fraction of sp³-hybridized carbons (Fsp3) is 0.462. The smallest absolute Gasteiger partial charge is 0.257 e. The maximum absolute atomic E-state index is 14.3. The Kier molecular flexibility index (Phi) is 5.02. The van der Waals surface area contributed by atoms with Crippen molar-refractivity contribution in [1.82, 2.24) is 4.90 Å². The van der Waals surface area contributed by atoms with Crippen molar-refractivity contribution in [2.75, 3.05) is 7.05 Å². The number of carbonyl (C=O) groups is 1. The molecule has 0 fully saturated rings. The first kappa shape index (κ1) is 17.9. The van der Waals surface area contributed by atoms with Gasteiger partial charge in [-0.3, -0.25) is 4.79 Å². The van der Waals surface area contributed by atoms with E-state index < -0.39 is 37.7 Å². The molecule has 0 saturated carbocycles. The Bertz CT molecular complexity index is 674. The zero-order chi connectivity index (χ0) is 16.6. The second-order valence-corrected chi connectivity index (χ2v) is 7.31. The van der Waals surface area contributed by atoms with Crippen molar-refractivity contribution in [2.45, 2.75) is 37.6 Å². The van der Waals surface area contributed by atoms with Gasteiger partial charge in [0.05, 0.1) is 5.56 Å². The largest absolute Gasteiger partial charge is 0.337 e. The van der Waals surface area contributed by atoms with Gasteiger partial charge in [-0.1, -0.05) is 18.5 Å². The summed E-state index contributed by atoms with van der Waals surface area (Å²) in [5, 5.41) is 4.85. The van der Waals surface area contributed by atoms with Gasteiger partial charge in [0.15, 0.2) is 5.82 Å². The highest BCUT2D eigenvalue weighted by Gasteiger charge is 2.30. The van der Waals surface area contributed by atoms with Crippen LogP contribution in [0.4, 0.5) is 4.39 Å². The quantitative estimate of drug-likeness (QED) is 0.916. The maximum Gasteiger partial charge on any atom is 0.257 e. The number of rotatable bonds is 4. The Balaban J connectivity index is 3.45. The second-order valence-electron chi connectivity index (χ2n) is 5.34. The average Bonchev–Trinajstić information content (AvgIpc) is 2.38. The van der Waals surface area contributed by atoms with Crippen LogP contribution in [0, 0.1) is 5.82 Å². The fourth-order valence-corrected chi connectivity index (χ4v) is 2.55. The van der Waals surface area contributed by atoms with E-state index in [0.717, 1.165) is 12.1 Å². The summed E-state index contributed by atoms with van der Waals surface area (Å²) >= 11 is 5.77. The molecule has 1 aromatic rings. The molecular formula is C13H18ClFN2O3S. The maximum atomic E-state index is 14.3. The van der Waals surface area contributed by atoms with Gasteiger partial charge in [-0.25, -0.2) is 17.9 Å². The lowest BCUT2D eigenvalue weighted by atomic mass is 9.99. The van der Waals surface area contributed by atoms with Gasteiger partial charge < -0.3 is 4.90 Å². The number of sulfonamides is 1. The molecule has 0 radical (unpaired) electrons. The average molecular weight is 337 g/mol. The number of halogens is 2. The Morgan fingerprint density at radius 2 is 1.95 bits per heavy atom. The molecule has 118 valence electrons. The van der Waals surface area contributed by atoms with Gasteiger partial charge >= 0.3 is 0 Å². The third-order valence-electron chi connectivity index (χ3n) is 3.62. The molecule has 0 aliphatic rings. The third-order valence-corrected chi connectivity index (χ3v) is 4.75. The van der Waals surface area contributed by atoms with Gasteiger partial charge in [0, 0.05) is 17.6 Å². The highest BCUT2D eigenvalue weighted by molar-refractivity contribution is 7.89. The highest BCUT2D eigenvalue weighted by Crippen LogP contribution is 2.26. The van der Waals surface area contributed by atoms with Crippen molar-refractivity contribution in [3.05, 3.63) is 28.5 Å². The SMILES string of the molecule is CCC(C)(C)N(C)C(=O)c1cc(Cl)cc(S(N)(=O)=O)c1F. The zero-order valence-electron chi connectivity index (χ0n) is 12.3. The molecular weight excluding hydrogens is 319 g/mol. The number of carbonyl (C=O) groups excluding carboxylic acids is 1. The number of nitrogens with zero attached hydrogens (tertiary/aromatic N) is 1.